The Morgan fingerprint density at radius 3 is 2.59 bits per heavy atom. The van der Waals surface area contributed by atoms with E-state index in [4.69, 9.17) is 9.84 Å². The highest BCUT2D eigenvalue weighted by molar-refractivity contribution is 9.10. The summed E-state index contributed by atoms with van der Waals surface area (Å²) < 4.78 is 34.6. The third-order valence-corrected chi connectivity index (χ3v) is 4.11. The van der Waals surface area contributed by atoms with Crippen LogP contribution in [0.2, 0.25) is 0 Å². The second-order valence-corrected chi connectivity index (χ2v) is 5.91. The quantitative estimate of drug-likeness (QED) is 0.795. The highest BCUT2D eigenvalue weighted by atomic mass is 79.9. The minimum Gasteiger partial charge on any atom is -0.496 e. The van der Waals surface area contributed by atoms with Gasteiger partial charge in [0.15, 0.2) is 0 Å². The summed E-state index contributed by atoms with van der Waals surface area (Å²) in [6.45, 7) is 1.09. The van der Waals surface area contributed by atoms with Gasteiger partial charge in [-0.1, -0.05) is 15.9 Å². The van der Waals surface area contributed by atoms with Gasteiger partial charge in [-0.15, -0.1) is 12.4 Å². The molecule has 2 N–H and O–H groups in total. The Hall–Kier alpha value is -0.470. The first-order valence-corrected chi connectivity index (χ1v) is 7.56. The highest BCUT2D eigenvalue weighted by Gasteiger charge is 2.45. The number of alkyl halides is 2. The number of benzene rings is 1. The molecule has 1 saturated heterocycles. The molecule has 2 rings (SSSR count). The zero-order chi connectivity index (χ0) is 15.5. The smallest absolute Gasteiger partial charge is 0.290 e. The van der Waals surface area contributed by atoms with Crippen LogP contribution in [-0.4, -0.2) is 55.8 Å². The molecule has 0 bridgehead atoms. The van der Waals surface area contributed by atoms with Gasteiger partial charge in [0.1, 0.15) is 18.4 Å². The molecule has 0 saturated carbocycles. The van der Waals surface area contributed by atoms with Crippen molar-refractivity contribution in [2.45, 2.75) is 12.0 Å². The van der Waals surface area contributed by atoms with Crippen molar-refractivity contribution in [1.82, 2.24) is 10.2 Å². The second kappa shape index (κ2) is 8.40. The lowest BCUT2D eigenvalue weighted by Crippen LogP contribution is -2.51. The molecule has 0 aliphatic carbocycles. The van der Waals surface area contributed by atoms with Gasteiger partial charge in [-0.05, 0) is 18.2 Å². The first-order valence-electron chi connectivity index (χ1n) is 6.76. The molecular formula is C14H20BrClF2N2O2. The van der Waals surface area contributed by atoms with E-state index in [1.54, 1.807) is 23.1 Å². The molecule has 0 amide bonds. The summed E-state index contributed by atoms with van der Waals surface area (Å²) in [7, 11) is 1.46. The van der Waals surface area contributed by atoms with E-state index < -0.39 is 18.6 Å². The van der Waals surface area contributed by atoms with Crippen molar-refractivity contribution in [2.24, 2.45) is 0 Å². The molecule has 1 fully saturated rings. The maximum Gasteiger partial charge on any atom is 0.290 e. The summed E-state index contributed by atoms with van der Waals surface area (Å²) in [4.78, 5) is 1.69. The summed E-state index contributed by atoms with van der Waals surface area (Å²) >= 11 is 3.31. The Morgan fingerprint density at radius 2 is 2.05 bits per heavy atom. The van der Waals surface area contributed by atoms with Crippen molar-refractivity contribution in [1.29, 1.82) is 0 Å². The maximum absolute atomic E-state index is 14.4. The Morgan fingerprint density at radius 1 is 1.41 bits per heavy atom. The molecule has 1 aliphatic heterocycles. The Kier molecular flexibility index (Phi) is 7.48. The van der Waals surface area contributed by atoms with E-state index in [-0.39, 0.29) is 12.4 Å². The van der Waals surface area contributed by atoms with Crippen molar-refractivity contribution >= 4 is 28.3 Å². The van der Waals surface area contributed by atoms with Gasteiger partial charge in [0.05, 0.1) is 7.11 Å². The number of piperazine rings is 1. The number of halogens is 4. The Bertz CT molecular complexity index is 488. The van der Waals surface area contributed by atoms with E-state index >= 15 is 0 Å². The van der Waals surface area contributed by atoms with Crippen LogP contribution >= 0.6 is 28.3 Å². The van der Waals surface area contributed by atoms with Crippen LogP contribution < -0.4 is 10.1 Å². The number of rotatable bonds is 5. The number of methoxy groups -OCH3 is 1. The standard InChI is InChI=1S/C14H19BrF2N2O2.ClH/c1-21-12-3-2-10(15)8-11(12)13(14(16,17)9-20)19-6-4-18-5-7-19;/h2-3,8,13,18,20H,4-7,9H2,1H3;1H/t13-;/m1./s1. The number of nitrogens with one attached hydrogen (secondary N) is 1. The SMILES string of the molecule is COc1ccc(Br)cc1[C@@H](N1CCNCC1)C(F)(F)CO.Cl. The molecule has 0 spiro atoms. The highest BCUT2D eigenvalue weighted by Crippen LogP contribution is 2.41. The van der Waals surface area contributed by atoms with Crippen LogP contribution in [0.5, 0.6) is 5.75 Å². The lowest BCUT2D eigenvalue weighted by Gasteiger charge is -2.39. The minimum absolute atomic E-state index is 0. The number of nitrogens with zero attached hydrogens (tertiary/aromatic N) is 1. The average molecular weight is 402 g/mol. The van der Waals surface area contributed by atoms with Gasteiger partial charge in [0.2, 0.25) is 0 Å². The molecule has 0 aromatic heterocycles. The van der Waals surface area contributed by atoms with Crippen LogP contribution in [0.4, 0.5) is 8.78 Å². The lowest BCUT2D eigenvalue weighted by molar-refractivity contribution is -0.119. The molecule has 1 atom stereocenters. The molecule has 0 unspecified atom stereocenters. The third kappa shape index (κ3) is 4.29. The van der Waals surface area contributed by atoms with E-state index in [0.29, 0.717) is 42.0 Å². The van der Waals surface area contributed by atoms with E-state index in [0.717, 1.165) is 0 Å². The van der Waals surface area contributed by atoms with E-state index in [9.17, 15) is 8.78 Å². The van der Waals surface area contributed by atoms with Gasteiger partial charge in [-0.25, -0.2) is 8.78 Å². The van der Waals surface area contributed by atoms with E-state index in [1.165, 1.54) is 7.11 Å². The molecule has 8 heteroatoms. The molecule has 0 radical (unpaired) electrons. The van der Waals surface area contributed by atoms with Gasteiger partial charge in [-0.3, -0.25) is 4.90 Å². The fourth-order valence-electron chi connectivity index (χ4n) is 2.64. The van der Waals surface area contributed by atoms with Crippen LogP contribution in [-0.2, 0) is 0 Å². The number of hydrogen-bond acceptors (Lipinski definition) is 4. The van der Waals surface area contributed by atoms with Gasteiger partial charge in [-0.2, -0.15) is 0 Å². The minimum atomic E-state index is -3.24. The van der Waals surface area contributed by atoms with Crippen molar-refractivity contribution in [3.8, 4) is 5.75 Å². The molecule has 22 heavy (non-hydrogen) atoms. The number of hydrogen-bond donors (Lipinski definition) is 2. The predicted octanol–water partition coefficient (Wildman–Crippen LogP) is 2.45. The summed E-state index contributed by atoms with van der Waals surface area (Å²) in [5.74, 6) is -2.85. The number of aliphatic hydroxyl groups excluding tert-OH is 1. The molecular weight excluding hydrogens is 382 g/mol. The van der Waals surface area contributed by atoms with Crippen molar-refractivity contribution in [2.75, 3.05) is 39.9 Å². The topological polar surface area (TPSA) is 44.7 Å². The average Bonchev–Trinajstić information content (AvgIpc) is 2.48. The second-order valence-electron chi connectivity index (χ2n) is 4.99. The van der Waals surface area contributed by atoms with Crippen LogP contribution in [0.1, 0.15) is 11.6 Å². The summed E-state index contributed by atoms with van der Waals surface area (Å²) in [5, 5.41) is 12.3. The van der Waals surface area contributed by atoms with Gasteiger partial charge < -0.3 is 15.2 Å². The Balaban J connectivity index is 0.00000242. The van der Waals surface area contributed by atoms with Crippen molar-refractivity contribution < 1.29 is 18.6 Å². The first kappa shape index (κ1) is 19.6. The fraction of sp³-hybridized carbons (Fsp3) is 0.571. The van der Waals surface area contributed by atoms with Gasteiger partial charge in [0.25, 0.3) is 5.92 Å². The van der Waals surface area contributed by atoms with Gasteiger partial charge in [0, 0.05) is 36.2 Å². The molecule has 4 nitrogen and oxygen atoms in total. The maximum atomic E-state index is 14.4. The third-order valence-electron chi connectivity index (χ3n) is 3.61. The normalized spacial score (nSPS) is 17.7. The predicted molar refractivity (Wildman–Crippen MR) is 87.2 cm³/mol. The van der Waals surface area contributed by atoms with Crippen molar-refractivity contribution in [3.63, 3.8) is 0 Å². The summed E-state index contributed by atoms with van der Waals surface area (Å²) in [5.41, 5.74) is 0.382. The molecule has 1 aliphatic rings. The largest absolute Gasteiger partial charge is 0.496 e. The molecule has 1 aromatic carbocycles. The zero-order valence-electron chi connectivity index (χ0n) is 12.2. The van der Waals surface area contributed by atoms with E-state index in [2.05, 4.69) is 21.2 Å². The summed E-state index contributed by atoms with van der Waals surface area (Å²) in [6.07, 6.45) is 0. The lowest BCUT2D eigenvalue weighted by atomic mass is 9.97. The number of ether oxygens (including phenoxy) is 1. The number of aliphatic hydroxyl groups is 1. The van der Waals surface area contributed by atoms with Crippen molar-refractivity contribution in [3.05, 3.63) is 28.2 Å². The summed E-state index contributed by atoms with van der Waals surface area (Å²) in [6, 6.07) is 3.82. The monoisotopic (exact) mass is 400 g/mol. The Labute approximate surface area is 143 Å². The first-order chi connectivity index (χ1) is 9.99. The van der Waals surface area contributed by atoms with Crippen LogP contribution in [0.15, 0.2) is 22.7 Å². The van der Waals surface area contributed by atoms with Crippen LogP contribution in [0, 0.1) is 0 Å². The van der Waals surface area contributed by atoms with E-state index in [1.807, 2.05) is 0 Å². The fourth-order valence-corrected chi connectivity index (χ4v) is 3.02. The molecule has 1 heterocycles. The van der Waals surface area contributed by atoms with Gasteiger partial charge >= 0.3 is 0 Å². The zero-order valence-corrected chi connectivity index (χ0v) is 14.6. The molecule has 1 aromatic rings. The van der Waals surface area contributed by atoms with Crippen LogP contribution in [0.25, 0.3) is 0 Å². The molecule has 126 valence electrons. The van der Waals surface area contributed by atoms with Crippen LogP contribution in [0.3, 0.4) is 0 Å².